The minimum Gasteiger partial charge on any atom is -0.495 e. The molecule has 1 fully saturated rings. The predicted octanol–water partition coefficient (Wildman–Crippen LogP) is 0.669. The third-order valence-corrected chi connectivity index (χ3v) is 5.53. The fraction of sp³-hybridized carbons (Fsp3) is 0.538. The Morgan fingerprint density at radius 3 is 2.75 bits per heavy atom. The Labute approximate surface area is 119 Å². The van der Waals surface area contributed by atoms with E-state index in [9.17, 15) is 13.5 Å². The van der Waals surface area contributed by atoms with E-state index in [-0.39, 0.29) is 10.8 Å². The van der Waals surface area contributed by atoms with Crippen LogP contribution in [0.15, 0.2) is 23.1 Å². The summed E-state index contributed by atoms with van der Waals surface area (Å²) in [4.78, 5) is 0.159. The second kappa shape index (κ2) is 5.59. The van der Waals surface area contributed by atoms with Crippen LogP contribution in [-0.2, 0) is 10.0 Å². The normalized spacial score (nSPS) is 24.6. The lowest BCUT2D eigenvalue weighted by Crippen LogP contribution is -2.44. The van der Waals surface area contributed by atoms with Crippen LogP contribution in [0.1, 0.15) is 13.3 Å². The summed E-state index contributed by atoms with van der Waals surface area (Å²) < 4.78 is 31.6. The minimum absolute atomic E-state index is 0.0748. The number of ether oxygens (including phenoxy) is 1. The summed E-state index contributed by atoms with van der Waals surface area (Å²) in [5.41, 5.74) is 6.09. The number of anilines is 1. The third kappa shape index (κ3) is 2.74. The molecule has 0 radical (unpaired) electrons. The molecule has 0 aromatic heterocycles. The molecule has 1 aliphatic rings. The zero-order valence-corrected chi connectivity index (χ0v) is 12.4. The molecule has 0 saturated carbocycles. The van der Waals surface area contributed by atoms with Gasteiger partial charge in [-0.2, -0.15) is 4.31 Å². The van der Waals surface area contributed by atoms with Gasteiger partial charge in [0, 0.05) is 19.2 Å². The average molecular weight is 300 g/mol. The zero-order chi connectivity index (χ0) is 14.9. The van der Waals surface area contributed by atoms with Crippen LogP contribution in [0.25, 0.3) is 0 Å². The predicted molar refractivity (Wildman–Crippen MR) is 76.0 cm³/mol. The molecule has 0 spiro atoms. The van der Waals surface area contributed by atoms with Gasteiger partial charge in [-0.25, -0.2) is 8.42 Å². The highest BCUT2D eigenvalue weighted by molar-refractivity contribution is 7.89. The van der Waals surface area contributed by atoms with Gasteiger partial charge in [0.2, 0.25) is 10.0 Å². The Bertz CT molecular complexity index is 588. The summed E-state index contributed by atoms with van der Waals surface area (Å²) in [5.74, 6) is 0.269. The second-order valence-corrected chi connectivity index (χ2v) is 7.04. The van der Waals surface area contributed by atoms with Crippen molar-refractivity contribution in [1.29, 1.82) is 0 Å². The van der Waals surface area contributed by atoms with Gasteiger partial charge < -0.3 is 15.6 Å². The number of hydrogen-bond acceptors (Lipinski definition) is 5. The Morgan fingerprint density at radius 2 is 2.15 bits per heavy atom. The molecule has 112 valence electrons. The van der Waals surface area contributed by atoms with Crippen molar-refractivity contribution in [2.45, 2.75) is 24.3 Å². The van der Waals surface area contributed by atoms with Crippen LogP contribution in [0, 0.1) is 5.92 Å². The summed E-state index contributed by atoms with van der Waals surface area (Å²) in [6.07, 6.45) is 0.00868. The number of aliphatic hydroxyl groups is 1. The third-order valence-electron chi connectivity index (χ3n) is 3.67. The van der Waals surface area contributed by atoms with Gasteiger partial charge in [-0.1, -0.05) is 6.92 Å². The van der Waals surface area contributed by atoms with Crippen molar-refractivity contribution < 1.29 is 18.3 Å². The summed E-state index contributed by atoms with van der Waals surface area (Å²) in [7, 11) is -2.14. The maximum Gasteiger partial charge on any atom is 0.243 e. The van der Waals surface area contributed by atoms with E-state index in [4.69, 9.17) is 10.5 Å². The van der Waals surface area contributed by atoms with Gasteiger partial charge in [0.05, 0.1) is 23.8 Å². The SMILES string of the molecule is COc1cc(S(=O)(=O)N2CCC(O)C(C)C2)ccc1N. The molecule has 1 aromatic carbocycles. The molecule has 0 aliphatic carbocycles. The lowest BCUT2D eigenvalue weighted by Gasteiger charge is -2.33. The number of nitrogens with zero attached hydrogens (tertiary/aromatic N) is 1. The van der Waals surface area contributed by atoms with Crippen LogP contribution >= 0.6 is 0 Å². The van der Waals surface area contributed by atoms with Crippen molar-refractivity contribution in [3.63, 3.8) is 0 Å². The van der Waals surface area contributed by atoms with Crippen molar-refractivity contribution in [2.75, 3.05) is 25.9 Å². The molecule has 2 atom stereocenters. The van der Waals surface area contributed by atoms with Gasteiger partial charge in [-0.15, -0.1) is 0 Å². The number of aliphatic hydroxyl groups excluding tert-OH is 1. The molecule has 6 nitrogen and oxygen atoms in total. The van der Waals surface area contributed by atoms with Crippen molar-refractivity contribution in [3.05, 3.63) is 18.2 Å². The maximum absolute atomic E-state index is 12.6. The maximum atomic E-state index is 12.6. The van der Waals surface area contributed by atoms with E-state index in [0.717, 1.165) is 0 Å². The number of benzene rings is 1. The van der Waals surface area contributed by atoms with E-state index >= 15 is 0 Å². The summed E-state index contributed by atoms with van der Waals surface area (Å²) in [6, 6.07) is 4.43. The van der Waals surface area contributed by atoms with Gasteiger partial charge in [-0.3, -0.25) is 0 Å². The Hall–Kier alpha value is -1.31. The number of methoxy groups -OCH3 is 1. The van der Waals surface area contributed by atoms with E-state index in [0.29, 0.717) is 30.9 Å². The first-order valence-corrected chi connectivity index (χ1v) is 7.92. The van der Waals surface area contributed by atoms with E-state index in [1.54, 1.807) is 0 Å². The Morgan fingerprint density at radius 1 is 1.45 bits per heavy atom. The van der Waals surface area contributed by atoms with Gasteiger partial charge >= 0.3 is 0 Å². The monoisotopic (exact) mass is 300 g/mol. The number of rotatable bonds is 3. The average Bonchev–Trinajstić information content (AvgIpc) is 2.42. The molecule has 1 aliphatic heterocycles. The largest absolute Gasteiger partial charge is 0.495 e. The zero-order valence-electron chi connectivity index (χ0n) is 11.6. The van der Waals surface area contributed by atoms with E-state index in [2.05, 4.69) is 0 Å². The molecular weight excluding hydrogens is 280 g/mol. The molecule has 0 bridgehead atoms. The highest BCUT2D eigenvalue weighted by Gasteiger charge is 2.32. The number of nitrogen functional groups attached to an aromatic ring is 1. The summed E-state index contributed by atoms with van der Waals surface area (Å²) in [5, 5.41) is 9.69. The molecule has 0 amide bonds. The quantitative estimate of drug-likeness (QED) is 0.800. The van der Waals surface area contributed by atoms with Crippen molar-refractivity contribution in [1.82, 2.24) is 4.31 Å². The Balaban J connectivity index is 2.31. The smallest absolute Gasteiger partial charge is 0.243 e. The summed E-state index contributed by atoms with van der Waals surface area (Å²) >= 11 is 0. The second-order valence-electron chi connectivity index (χ2n) is 5.10. The number of piperidine rings is 1. The van der Waals surface area contributed by atoms with Gasteiger partial charge in [-0.05, 0) is 24.5 Å². The Kier molecular flexibility index (Phi) is 4.22. The van der Waals surface area contributed by atoms with Crippen LogP contribution in [0.3, 0.4) is 0 Å². The van der Waals surface area contributed by atoms with Crippen LogP contribution in [0.5, 0.6) is 5.75 Å². The molecule has 2 rings (SSSR count). The van der Waals surface area contributed by atoms with Crippen LogP contribution in [0.2, 0.25) is 0 Å². The van der Waals surface area contributed by atoms with Gasteiger partial charge in [0.25, 0.3) is 0 Å². The first-order valence-electron chi connectivity index (χ1n) is 6.48. The first-order chi connectivity index (χ1) is 9.36. The molecular formula is C13H20N2O4S. The van der Waals surface area contributed by atoms with E-state index < -0.39 is 16.1 Å². The first kappa shape index (κ1) is 15.1. The molecule has 7 heteroatoms. The van der Waals surface area contributed by atoms with Crippen molar-refractivity contribution >= 4 is 15.7 Å². The van der Waals surface area contributed by atoms with Crippen LogP contribution in [-0.4, -0.2) is 44.1 Å². The van der Waals surface area contributed by atoms with Crippen molar-refractivity contribution in [2.24, 2.45) is 5.92 Å². The lowest BCUT2D eigenvalue weighted by atomic mass is 9.99. The van der Waals surface area contributed by atoms with Crippen molar-refractivity contribution in [3.8, 4) is 5.75 Å². The van der Waals surface area contributed by atoms with Crippen LogP contribution < -0.4 is 10.5 Å². The standard InChI is InChI=1S/C13H20N2O4S/c1-9-8-15(6-5-12(9)16)20(17,18)10-3-4-11(14)13(7-10)19-2/h3-4,7,9,12,16H,5-6,8,14H2,1-2H3. The highest BCUT2D eigenvalue weighted by Crippen LogP contribution is 2.29. The molecule has 20 heavy (non-hydrogen) atoms. The fourth-order valence-corrected chi connectivity index (χ4v) is 3.89. The van der Waals surface area contributed by atoms with Gasteiger partial charge in [0.1, 0.15) is 5.75 Å². The number of hydrogen-bond donors (Lipinski definition) is 2. The fourth-order valence-electron chi connectivity index (χ4n) is 2.31. The highest BCUT2D eigenvalue weighted by atomic mass is 32.2. The minimum atomic E-state index is -3.58. The number of sulfonamides is 1. The van der Waals surface area contributed by atoms with Gasteiger partial charge in [0.15, 0.2) is 0 Å². The summed E-state index contributed by atoms with van der Waals surface area (Å²) in [6.45, 7) is 2.48. The molecule has 3 N–H and O–H groups in total. The van der Waals surface area contributed by atoms with Crippen LogP contribution in [0.4, 0.5) is 5.69 Å². The van der Waals surface area contributed by atoms with E-state index in [1.807, 2.05) is 6.92 Å². The lowest BCUT2D eigenvalue weighted by molar-refractivity contribution is 0.0628. The number of nitrogens with two attached hydrogens (primary N) is 1. The molecule has 2 unspecified atom stereocenters. The molecule has 1 saturated heterocycles. The topological polar surface area (TPSA) is 92.9 Å². The molecule has 1 heterocycles. The van der Waals surface area contributed by atoms with E-state index in [1.165, 1.54) is 29.6 Å². The molecule has 1 aromatic rings.